The first-order valence-electron chi connectivity index (χ1n) is 11.7. The van der Waals surface area contributed by atoms with Gasteiger partial charge in [-0.2, -0.15) is 5.10 Å². The van der Waals surface area contributed by atoms with Gasteiger partial charge in [0.05, 0.1) is 5.52 Å². The van der Waals surface area contributed by atoms with Crippen molar-refractivity contribution in [2.45, 2.75) is 64.6 Å². The summed E-state index contributed by atoms with van der Waals surface area (Å²) in [5, 5.41) is 9.57. The Labute approximate surface area is 195 Å². The molecule has 0 radical (unpaired) electrons. The number of carbonyl (C=O) groups excluding carboxylic acids is 1. The first-order chi connectivity index (χ1) is 15.5. The number of rotatable bonds is 7. The van der Waals surface area contributed by atoms with E-state index in [4.69, 9.17) is 16.7 Å². The van der Waals surface area contributed by atoms with Crippen molar-refractivity contribution >= 4 is 28.4 Å². The molecule has 1 amide bonds. The fourth-order valence-electron chi connectivity index (χ4n) is 4.87. The second-order valence-corrected chi connectivity index (χ2v) is 9.44. The minimum Gasteiger partial charge on any atom is -0.354 e. The highest BCUT2D eigenvalue weighted by atomic mass is 35.5. The van der Waals surface area contributed by atoms with Crippen molar-refractivity contribution < 1.29 is 4.79 Å². The molecule has 1 fully saturated rings. The zero-order valence-corrected chi connectivity index (χ0v) is 20.0. The molecule has 0 saturated carbocycles. The van der Waals surface area contributed by atoms with Gasteiger partial charge in [-0.25, -0.2) is 0 Å². The highest BCUT2D eigenvalue weighted by Crippen LogP contribution is 2.31. The van der Waals surface area contributed by atoms with Gasteiger partial charge < -0.3 is 5.32 Å². The Morgan fingerprint density at radius 3 is 2.59 bits per heavy atom. The van der Waals surface area contributed by atoms with E-state index in [2.05, 4.69) is 24.1 Å². The number of fused-ring (bicyclic) bond motifs is 1. The van der Waals surface area contributed by atoms with Gasteiger partial charge in [0, 0.05) is 41.1 Å². The predicted molar refractivity (Wildman–Crippen MR) is 132 cm³/mol. The Hall–Kier alpha value is -2.37. The lowest BCUT2D eigenvalue weighted by Crippen LogP contribution is -2.45. The molecule has 1 aromatic heterocycles. The molecule has 1 saturated heterocycles. The first-order valence-corrected chi connectivity index (χ1v) is 12.1. The van der Waals surface area contributed by atoms with E-state index >= 15 is 0 Å². The van der Waals surface area contributed by atoms with Crippen LogP contribution in [0, 0.1) is 0 Å². The van der Waals surface area contributed by atoms with E-state index in [0.717, 1.165) is 35.1 Å². The Morgan fingerprint density at radius 2 is 1.88 bits per heavy atom. The second kappa shape index (κ2) is 10.1. The number of likely N-dealkylation sites (tertiary alicyclic amines) is 1. The van der Waals surface area contributed by atoms with Gasteiger partial charge in [-0.3, -0.25) is 14.4 Å². The van der Waals surface area contributed by atoms with Crippen molar-refractivity contribution in [2.24, 2.45) is 0 Å². The zero-order valence-electron chi connectivity index (χ0n) is 19.2. The van der Waals surface area contributed by atoms with E-state index in [1.54, 1.807) is 0 Å². The lowest BCUT2D eigenvalue weighted by Gasteiger charge is -2.39. The normalized spacial score (nSPS) is 20.4. The monoisotopic (exact) mass is 452 g/mol. The maximum absolute atomic E-state index is 13.0. The summed E-state index contributed by atoms with van der Waals surface area (Å²) in [4.78, 5) is 15.5. The second-order valence-electron chi connectivity index (χ2n) is 9.01. The molecular weight excluding hydrogens is 420 g/mol. The maximum Gasteiger partial charge on any atom is 0.244 e. The number of nitrogens with one attached hydrogen (secondary N) is 1. The molecule has 0 unspecified atom stereocenters. The van der Waals surface area contributed by atoms with Crippen LogP contribution in [0.3, 0.4) is 0 Å². The Morgan fingerprint density at radius 1 is 1.16 bits per heavy atom. The fourth-order valence-corrected chi connectivity index (χ4v) is 5.04. The number of nitrogens with zero attached hydrogens (tertiary/aromatic N) is 3. The average molecular weight is 453 g/mol. The minimum absolute atomic E-state index is 0.0105. The third-order valence-corrected chi connectivity index (χ3v) is 6.97. The number of piperidine rings is 1. The summed E-state index contributed by atoms with van der Waals surface area (Å²) in [5.74, 6) is -0.0105. The number of aromatic nitrogens is 2. The molecule has 0 aliphatic carbocycles. The summed E-state index contributed by atoms with van der Waals surface area (Å²) in [5.41, 5.74) is 2.76. The highest BCUT2D eigenvalue weighted by Gasteiger charge is 2.24. The third kappa shape index (κ3) is 4.84. The lowest BCUT2D eigenvalue weighted by atomic mass is 9.97. The Kier molecular flexibility index (Phi) is 7.17. The van der Waals surface area contributed by atoms with E-state index in [-0.39, 0.29) is 5.91 Å². The van der Waals surface area contributed by atoms with Gasteiger partial charge in [-0.05, 0) is 58.2 Å². The van der Waals surface area contributed by atoms with Crippen molar-refractivity contribution in [1.82, 2.24) is 20.0 Å². The maximum atomic E-state index is 13.0. The van der Waals surface area contributed by atoms with Crippen LogP contribution < -0.4 is 5.32 Å². The van der Waals surface area contributed by atoms with Gasteiger partial charge in [-0.15, -0.1) is 0 Å². The summed E-state index contributed by atoms with van der Waals surface area (Å²) in [6, 6.07) is 16.6. The van der Waals surface area contributed by atoms with Crippen LogP contribution in [0.15, 0.2) is 48.5 Å². The van der Waals surface area contributed by atoms with Crippen LogP contribution >= 0.6 is 11.6 Å². The van der Waals surface area contributed by atoms with Crippen molar-refractivity contribution in [3.8, 4) is 11.3 Å². The number of hydrogen-bond acceptors (Lipinski definition) is 3. The van der Waals surface area contributed by atoms with Crippen molar-refractivity contribution in [1.29, 1.82) is 0 Å². The highest BCUT2D eigenvalue weighted by molar-refractivity contribution is 6.31. The standard InChI is InChI=1S/C26H33ClN4O/c1-18-9-7-10-19(2)30(18)16-8-15-28-26(32)20(3)31-24-14-13-22(27)17-23(24)25(29-31)21-11-5-4-6-12-21/h4-6,11-14,17-20H,7-10,15-16H2,1-3H3,(H,28,32)/t18-,19+,20-/m0/s1. The third-order valence-electron chi connectivity index (χ3n) is 6.73. The molecule has 5 nitrogen and oxygen atoms in total. The number of hydrogen-bond donors (Lipinski definition) is 1. The molecule has 1 N–H and O–H groups in total. The molecule has 4 rings (SSSR count). The molecular formula is C26H33ClN4O. The lowest BCUT2D eigenvalue weighted by molar-refractivity contribution is -0.124. The van der Waals surface area contributed by atoms with E-state index in [9.17, 15) is 4.79 Å². The van der Waals surface area contributed by atoms with Gasteiger partial charge in [0.1, 0.15) is 11.7 Å². The topological polar surface area (TPSA) is 50.2 Å². The molecule has 170 valence electrons. The molecule has 3 atom stereocenters. The Bertz CT molecular complexity index is 1050. The van der Waals surface area contributed by atoms with Crippen LogP contribution in [-0.4, -0.2) is 45.8 Å². The molecule has 6 heteroatoms. The van der Waals surface area contributed by atoms with Gasteiger partial charge in [0.15, 0.2) is 0 Å². The van der Waals surface area contributed by atoms with Crippen LogP contribution in [-0.2, 0) is 4.79 Å². The fraction of sp³-hybridized carbons (Fsp3) is 0.462. The SMILES string of the molecule is C[C@@H]1CCC[C@H](C)N1CCCNC(=O)[C@H](C)n1nc(-c2ccccc2)c2cc(Cl)ccc21. The molecule has 0 spiro atoms. The molecule has 1 aliphatic rings. The van der Waals surface area contributed by atoms with Gasteiger partial charge in [0.25, 0.3) is 0 Å². The molecule has 2 heterocycles. The Balaban J connectivity index is 1.45. The van der Waals surface area contributed by atoms with Crippen LogP contribution in [0.5, 0.6) is 0 Å². The quantitative estimate of drug-likeness (QED) is 0.468. The average Bonchev–Trinajstić information content (AvgIpc) is 3.16. The molecule has 0 bridgehead atoms. The van der Waals surface area contributed by atoms with Gasteiger partial charge >= 0.3 is 0 Å². The van der Waals surface area contributed by atoms with Crippen molar-refractivity contribution in [3.05, 3.63) is 53.6 Å². The summed E-state index contributed by atoms with van der Waals surface area (Å²) in [7, 11) is 0. The summed E-state index contributed by atoms with van der Waals surface area (Å²) in [6.45, 7) is 8.24. The molecule has 3 aromatic rings. The van der Waals surface area contributed by atoms with Gasteiger partial charge in [0.2, 0.25) is 5.91 Å². The largest absolute Gasteiger partial charge is 0.354 e. The smallest absolute Gasteiger partial charge is 0.244 e. The van der Waals surface area contributed by atoms with Crippen molar-refractivity contribution in [2.75, 3.05) is 13.1 Å². The van der Waals surface area contributed by atoms with E-state index < -0.39 is 6.04 Å². The number of benzene rings is 2. The zero-order chi connectivity index (χ0) is 22.7. The molecule has 1 aliphatic heterocycles. The van der Waals surface area contributed by atoms with Crippen LogP contribution in [0.25, 0.3) is 22.2 Å². The minimum atomic E-state index is -0.413. The number of amides is 1. The van der Waals surface area contributed by atoms with E-state index in [1.807, 2.05) is 60.1 Å². The van der Waals surface area contributed by atoms with Crippen molar-refractivity contribution in [3.63, 3.8) is 0 Å². The predicted octanol–water partition coefficient (Wildman–Crippen LogP) is 5.69. The summed E-state index contributed by atoms with van der Waals surface area (Å²) >= 11 is 6.28. The van der Waals surface area contributed by atoms with Crippen LogP contribution in [0.4, 0.5) is 0 Å². The van der Waals surface area contributed by atoms with Crippen LogP contribution in [0.2, 0.25) is 5.02 Å². The number of halogens is 1. The summed E-state index contributed by atoms with van der Waals surface area (Å²) < 4.78 is 1.82. The van der Waals surface area contributed by atoms with E-state index in [0.29, 0.717) is 23.7 Å². The van der Waals surface area contributed by atoms with Crippen LogP contribution in [0.1, 0.15) is 52.5 Å². The van der Waals surface area contributed by atoms with E-state index in [1.165, 1.54) is 19.3 Å². The number of carbonyl (C=O) groups is 1. The molecule has 2 aromatic carbocycles. The summed E-state index contributed by atoms with van der Waals surface area (Å²) in [6.07, 6.45) is 4.82. The first kappa shape index (κ1) is 22.8. The molecule has 32 heavy (non-hydrogen) atoms. The van der Waals surface area contributed by atoms with Gasteiger partial charge in [-0.1, -0.05) is 48.4 Å².